The minimum Gasteiger partial charge on any atom is -0.384 e. The second-order valence-electron chi connectivity index (χ2n) is 6.73. The Morgan fingerprint density at radius 2 is 2.04 bits per heavy atom. The molecule has 0 aromatic carbocycles. The third-order valence-corrected chi connectivity index (χ3v) is 5.18. The maximum Gasteiger partial charge on any atom is 0.205 e. The highest BCUT2D eigenvalue weighted by atomic mass is 127. The van der Waals surface area contributed by atoms with Crippen molar-refractivity contribution in [3.05, 3.63) is 24.0 Å². The third-order valence-electron chi connectivity index (χ3n) is 4.39. The smallest absolute Gasteiger partial charge is 0.205 e. The number of anilines is 1. The zero-order chi connectivity index (χ0) is 17.2. The molecule has 1 saturated heterocycles. The van der Waals surface area contributed by atoms with Gasteiger partial charge in [0.15, 0.2) is 0 Å². The molecule has 0 aliphatic carbocycles. The summed E-state index contributed by atoms with van der Waals surface area (Å²) < 4.78 is 16.9. The maximum atomic E-state index is 5.21. The summed E-state index contributed by atoms with van der Waals surface area (Å²) in [5.41, 5.74) is 0.147. The predicted molar refractivity (Wildman–Crippen MR) is 109 cm³/mol. The summed E-state index contributed by atoms with van der Waals surface area (Å²) in [6, 6.07) is 0.201. The van der Waals surface area contributed by atoms with Crippen molar-refractivity contribution in [2.24, 2.45) is 5.41 Å². The number of aromatic nitrogens is 4. The molecule has 7 nitrogen and oxygen atoms in total. The van der Waals surface area contributed by atoms with Crippen LogP contribution in [0.4, 0.5) is 5.13 Å². The Morgan fingerprint density at radius 3 is 2.72 bits per heavy atom. The van der Waals surface area contributed by atoms with Gasteiger partial charge in [0, 0.05) is 63.1 Å². The van der Waals surface area contributed by atoms with E-state index in [4.69, 9.17) is 9.47 Å². The lowest BCUT2D eigenvalue weighted by Crippen LogP contribution is -2.56. The van der Waals surface area contributed by atoms with Crippen molar-refractivity contribution in [1.29, 1.82) is 0 Å². The highest BCUT2D eigenvalue weighted by Gasteiger charge is 2.50. The van der Waals surface area contributed by atoms with E-state index in [1.807, 2.05) is 12.4 Å². The summed E-state index contributed by atoms with van der Waals surface area (Å²) >= 11 is 1.46. The first kappa shape index (κ1) is 20.5. The molecule has 1 aliphatic heterocycles. The number of ether oxygens (including phenoxy) is 2. The zero-order valence-electron chi connectivity index (χ0n) is 15.1. The van der Waals surface area contributed by atoms with Crippen molar-refractivity contribution < 1.29 is 9.47 Å². The monoisotopic (exact) mass is 479 g/mol. The van der Waals surface area contributed by atoms with Crippen LogP contribution in [0.5, 0.6) is 0 Å². The number of halogens is 1. The largest absolute Gasteiger partial charge is 0.384 e. The van der Waals surface area contributed by atoms with Gasteiger partial charge in [-0.05, 0) is 0 Å². The Morgan fingerprint density at radius 1 is 1.28 bits per heavy atom. The van der Waals surface area contributed by atoms with E-state index in [0.29, 0.717) is 13.2 Å². The molecule has 1 aliphatic rings. The van der Waals surface area contributed by atoms with Gasteiger partial charge in [0.05, 0.1) is 19.3 Å². The minimum atomic E-state index is 0. The van der Waals surface area contributed by atoms with Gasteiger partial charge in [-0.1, -0.05) is 13.8 Å². The molecule has 140 valence electrons. The lowest BCUT2D eigenvalue weighted by Gasteiger charge is -2.53. The highest BCUT2D eigenvalue weighted by molar-refractivity contribution is 14.0. The molecule has 9 heteroatoms. The number of nitrogens with zero attached hydrogens (tertiary/aromatic N) is 5. The van der Waals surface area contributed by atoms with Gasteiger partial charge in [-0.15, -0.1) is 24.0 Å². The Labute approximate surface area is 169 Å². The predicted octanol–water partition coefficient (Wildman–Crippen LogP) is 2.78. The number of imidazole rings is 1. The molecule has 0 amide bonds. The normalized spacial score (nSPS) is 18.7. The molecule has 1 fully saturated rings. The molecule has 0 N–H and O–H groups in total. The molecule has 0 spiro atoms. The summed E-state index contributed by atoms with van der Waals surface area (Å²) in [5.74, 6) is 1.92. The van der Waals surface area contributed by atoms with Crippen LogP contribution >= 0.6 is 35.5 Å². The van der Waals surface area contributed by atoms with Gasteiger partial charge in [-0.25, -0.2) is 9.97 Å². The quantitative estimate of drug-likeness (QED) is 0.543. The van der Waals surface area contributed by atoms with Crippen molar-refractivity contribution in [3.8, 4) is 0 Å². The average molecular weight is 479 g/mol. The number of rotatable bonds is 8. The lowest BCUT2D eigenvalue weighted by molar-refractivity contribution is 0.157. The summed E-state index contributed by atoms with van der Waals surface area (Å²) in [5, 5.41) is 0.965. The third kappa shape index (κ3) is 4.32. The molecule has 1 unspecified atom stereocenters. The first-order valence-corrected chi connectivity index (χ1v) is 8.92. The van der Waals surface area contributed by atoms with Gasteiger partial charge in [0.2, 0.25) is 5.13 Å². The molecule has 0 saturated carbocycles. The van der Waals surface area contributed by atoms with Gasteiger partial charge < -0.3 is 18.9 Å². The molecular weight excluding hydrogens is 453 g/mol. The van der Waals surface area contributed by atoms with Gasteiger partial charge in [0.1, 0.15) is 11.6 Å². The standard InChI is InChI=1S/C16H25N5O2S.HI/c1-16(2)11-21(15-18-12(19-24-15)5-9-22-3)13(16)14-17-6-7-20(14)8-10-23-4;/h6-7,13H,5,8-11H2,1-4H3;1H. The molecule has 25 heavy (non-hydrogen) atoms. The van der Waals surface area contributed by atoms with E-state index in [2.05, 4.69) is 37.7 Å². The maximum absolute atomic E-state index is 5.21. The van der Waals surface area contributed by atoms with Gasteiger partial charge in [0.25, 0.3) is 0 Å². The topological polar surface area (TPSA) is 65.3 Å². The van der Waals surface area contributed by atoms with E-state index in [-0.39, 0.29) is 35.4 Å². The van der Waals surface area contributed by atoms with Crippen LogP contribution in [0.15, 0.2) is 12.4 Å². The van der Waals surface area contributed by atoms with Crippen LogP contribution in [0, 0.1) is 5.41 Å². The van der Waals surface area contributed by atoms with Crippen LogP contribution < -0.4 is 4.90 Å². The molecule has 2 aromatic rings. The fraction of sp³-hybridized carbons (Fsp3) is 0.688. The molecule has 0 radical (unpaired) electrons. The second kappa shape index (κ2) is 8.74. The van der Waals surface area contributed by atoms with E-state index in [9.17, 15) is 0 Å². The number of hydrogen-bond acceptors (Lipinski definition) is 7. The first-order valence-electron chi connectivity index (χ1n) is 8.15. The Kier molecular flexibility index (Phi) is 7.18. The second-order valence-corrected chi connectivity index (χ2v) is 7.46. The van der Waals surface area contributed by atoms with Crippen molar-refractivity contribution in [2.45, 2.75) is 32.9 Å². The number of methoxy groups -OCH3 is 2. The molecule has 1 atom stereocenters. The van der Waals surface area contributed by atoms with Gasteiger partial charge in [-0.3, -0.25) is 0 Å². The van der Waals surface area contributed by atoms with Gasteiger partial charge >= 0.3 is 0 Å². The van der Waals surface area contributed by atoms with Crippen molar-refractivity contribution in [1.82, 2.24) is 18.9 Å². The van der Waals surface area contributed by atoms with Crippen LogP contribution in [0.2, 0.25) is 0 Å². The Bertz CT molecular complexity index is 675. The fourth-order valence-corrected chi connectivity index (χ4v) is 3.94. The molecule has 3 rings (SSSR count). The summed E-state index contributed by atoms with van der Waals surface area (Å²) in [6.07, 6.45) is 4.63. The summed E-state index contributed by atoms with van der Waals surface area (Å²) in [7, 11) is 3.42. The Balaban J connectivity index is 0.00000225. The van der Waals surface area contributed by atoms with E-state index < -0.39 is 0 Å². The average Bonchev–Trinajstić information content (AvgIpc) is 3.18. The van der Waals surface area contributed by atoms with E-state index >= 15 is 0 Å². The highest BCUT2D eigenvalue weighted by Crippen LogP contribution is 2.50. The van der Waals surface area contributed by atoms with Crippen LogP contribution in [-0.2, 0) is 22.4 Å². The molecule has 3 heterocycles. The van der Waals surface area contributed by atoms with Crippen LogP contribution in [0.25, 0.3) is 0 Å². The van der Waals surface area contributed by atoms with Crippen LogP contribution in [0.3, 0.4) is 0 Å². The molecule has 0 bridgehead atoms. The molecular formula is C16H26IN5O2S. The zero-order valence-corrected chi connectivity index (χ0v) is 18.3. The Hall–Kier alpha value is -0.780. The van der Waals surface area contributed by atoms with Crippen LogP contribution in [0.1, 0.15) is 31.5 Å². The summed E-state index contributed by atoms with van der Waals surface area (Å²) in [4.78, 5) is 11.6. The van der Waals surface area contributed by atoms with E-state index in [1.54, 1.807) is 14.2 Å². The van der Waals surface area contributed by atoms with Crippen LogP contribution in [-0.4, -0.2) is 52.9 Å². The van der Waals surface area contributed by atoms with Crippen molar-refractivity contribution in [2.75, 3.05) is 38.9 Å². The van der Waals surface area contributed by atoms with E-state index in [0.717, 1.165) is 36.3 Å². The van der Waals surface area contributed by atoms with E-state index in [1.165, 1.54) is 11.5 Å². The first-order chi connectivity index (χ1) is 11.6. The van der Waals surface area contributed by atoms with Crippen molar-refractivity contribution in [3.63, 3.8) is 0 Å². The number of hydrogen-bond donors (Lipinski definition) is 0. The van der Waals surface area contributed by atoms with Crippen molar-refractivity contribution >= 4 is 40.6 Å². The molecule has 2 aromatic heterocycles. The lowest BCUT2D eigenvalue weighted by atomic mass is 9.74. The fourth-order valence-electron chi connectivity index (χ4n) is 3.20. The van der Waals surface area contributed by atoms with Gasteiger partial charge in [-0.2, -0.15) is 4.37 Å². The summed E-state index contributed by atoms with van der Waals surface area (Å²) in [6.45, 7) is 7.63. The SMILES string of the molecule is COCCc1nsc(N2CC(C)(C)C2c2nccn2CCOC)n1.I. The minimum absolute atomic E-state index is 0.